The molecule has 0 aromatic carbocycles. The SMILES string of the molecule is CCOC(=O)CCCNC(=O)C1CCC2CCCCC2C1. The Labute approximate surface area is 128 Å². The zero-order valence-electron chi connectivity index (χ0n) is 13.2. The molecule has 0 aliphatic heterocycles. The van der Waals surface area contributed by atoms with Crippen molar-refractivity contribution in [3.05, 3.63) is 0 Å². The molecule has 120 valence electrons. The average Bonchev–Trinajstić information content (AvgIpc) is 2.51. The number of ether oxygens (including phenoxy) is 1. The van der Waals surface area contributed by atoms with Gasteiger partial charge in [0.2, 0.25) is 5.91 Å². The molecule has 1 N–H and O–H groups in total. The van der Waals surface area contributed by atoms with Crippen LogP contribution in [0.2, 0.25) is 0 Å². The van der Waals surface area contributed by atoms with E-state index in [9.17, 15) is 9.59 Å². The summed E-state index contributed by atoms with van der Waals surface area (Å²) in [6, 6.07) is 0. The predicted molar refractivity (Wildman–Crippen MR) is 81.7 cm³/mol. The lowest BCUT2D eigenvalue weighted by molar-refractivity contribution is -0.143. The summed E-state index contributed by atoms with van der Waals surface area (Å²) in [5.74, 6) is 1.89. The van der Waals surface area contributed by atoms with Gasteiger partial charge in [-0.05, 0) is 44.4 Å². The summed E-state index contributed by atoms with van der Waals surface area (Å²) >= 11 is 0. The summed E-state index contributed by atoms with van der Waals surface area (Å²) in [5, 5.41) is 3.00. The number of fused-ring (bicyclic) bond motifs is 1. The van der Waals surface area contributed by atoms with E-state index in [4.69, 9.17) is 4.74 Å². The molecule has 2 fully saturated rings. The van der Waals surface area contributed by atoms with Gasteiger partial charge in [-0.15, -0.1) is 0 Å². The fourth-order valence-corrected chi connectivity index (χ4v) is 3.93. The fraction of sp³-hybridized carbons (Fsp3) is 0.882. The number of nitrogens with one attached hydrogen (secondary N) is 1. The van der Waals surface area contributed by atoms with Gasteiger partial charge in [0, 0.05) is 18.9 Å². The Hall–Kier alpha value is -1.06. The summed E-state index contributed by atoms with van der Waals surface area (Å²) in [4.78, 5) is 23.4. The van der Waals surface area contributed by atoms with Crippen LogP contribution in [0.5, 0.6) is 0 Å². The van der Waals surface area contributed by atoms with Gasteiger partial charge >= 0.3 is 5.97 Å². The molecule has 2 aliphatic rings. The average molecular weight is 295 g/mol. The molecule has 2 aliphatic carbocycles. The van der Waals surface area contributed by atoms with E-state index in [-0.39, 0.29) is 17.8 Å². The molecule has 0 bridgehead atoms. The first-order chi connectivity index (χ1) is 10.2. The van der Waals surface area contributed by atoms with Crippen molar-refractivity contribution in [2.24, 2.45) is 17.8 Å². The highest BCUT2D eigenvalue weighted by Crippen LogP contribution is 2.42. The second kappa shape index (κ2) is 8.40. The first-order valence-electron chi connectivity index (χ1n) is 8.64. The lowest BCUT2D eigenvalue weighted by Gasteiger charge is -2.38. The Morgan fingerprint density at radius 2 is 1.86 bits per heavy atom. The van der Waals surface area contributed by atoms with Gasteiger partial charge in [-0.1, -0.05) is 25.7 Å². The lowest BCUT2D eigenvalue weighted by Crippen LogP contribution is -2.37. The molecule has 0 radical (unpaired) electrons. The molecule has 0 heterocycles. The first kappa shape index (κ1) is 16.3. The van der Waals surface area contributed by atoms with Crippen molar-refractivity contribution in [3.63, 3.8) is 0 Å². The fourth-order valence-electron chi connectivity index (χ4n) is 3.93. The van der Waals surface area contributed by atoms with Crippen molar-refractivity contribution < 1.29 is 14.3 Å². The molecule has 4 nitrogen and oxygen atoms in total. The topological polar surface area (TPSA) is 55.4 Å². The predicted octanol–water partition coefficient (Wildman–Crippen LogP) is 3.05. The summed E-state index contributed by atoms with van der Waals surface area (Å²) in [6.45, 7) is 2.82. The highest BCUT2D eigenvalue weighted by molar-refractivity contribution is 5.78. The maximum atomic E-state index is 12.2. The monoisotopic (exact) mass is 295 g/mol. The van der Waals surface area contributed by atoms with E-state index in [2.05, 4.69) is 5.32 Å². The number of esters is 1. The number of hydrogen-bond donors (Lipinski definition) is 1. The van der Waals surface area contributed by atoms with Crippen LogP contribution in [0.4, 0.5) is 0 Å². The van der Waals surface area contributed by atoms with Gasteiger partial charge in [0.05, 0.1) is 6.61 Å². The van der Waals surface area contributed by atoms with E-state index >= 15 is 0 Å². The van der Waals surface area contributed by atoms with Crippen molar-refractivity contribution in [2.75, 3.05) is 13.2 Å². The quantitative estimate of drug-likeness (QED) is 0.605. The van der Waals surface area contributed by atoms with Crippen LogP contribution in [-0.4, -0.2) is 25.0 Å². The van der Waals surface area contributed by atoms with E-state index in [0.29, 0.717) is 26.0 Å². The van der Waals surface area contributed by atoms with Crippen LogP contribution in [0, 0.1) is 17.8 Å². The van der Waals surface area contributed by atoms with E-state index < -0.39 is 0 Å². The van der Waals surface area contributed by atoms with Gasteiger partial charge in [0.25, 0.3) is 0 Å². The molecular formula is C17H29NO3. The normalized spacial score (nSPS) is 28.5. The van der Waals surface area contributed by atoms with E-state index in [0.717, 1.165) is 24.7 Å². The van der Waals surface area contributed by atoms with E-state index in [1.807, 2.05) is 0 Å². The molecule has 0 spiro atoms. The van der Waals surface area contributed by atoms with E-state index in [1.165, 1.54) is 32.1 Å². The van der Waals surface area contributed by atoms with Crippen LogP contribution < -0.4 is 5.32 Å². The van der Waals surface area contributed by atoms with Gasteiger partial charge in [-0.2, -0.15) is 0 Å². The number of rotatable bonds is 6. The smallest absolute Gasteiger partial charge is 0.305 e. The molecule has 3 unspecified atom stereocenters. The van der Waals surface area contributed by atoms with Crippen molar-refractivity contribution in [1.29, 1.82) is 0 Å². The zero-order valence-corrected chi connectivity index (χ0v) is 13.2. The van der Waals surface area contributed by atoms with Gasteiger partial charge < -0.3 is 10.1 Å². The summed E-state index contributed by atoms with van der Waals surface area (Å²) < 4.78 is 4.87. The minimum Gasteiger partial charge on any atom is -0.466 e. The minimum atomic E-state index is -0.172. The molecule has 0 aromatic rings. The lowest BCUT2D eigenvalue weighted by atomic mass is 9.67. The Morgan fingerprint density at radius 3 is 2.62 bits per heavy atom. The third-order valence-corrected chi connectivity index (χ3v) is 5.07. The zero-order chi connectivity index (χ0) is 15.1. The van der Waals surface area contributed by atoms with Crippen molar-refractivity contribution in [1.82, 2.24) is 5.32 Å². The van der Waals surface area contributed by atoms with Crippen LogP contribution in [0.3, 0.4) is 0 Å². The minimum absolute atomic E-state index is 0.172. The number of amides is 1. The van der Waals surface area contributed by atoms with Crippen molar-refractivity contribution in [2.45, 2.75) is 64.7 Å². The molecule has 0 saturated heterocycles. The summed E-state index contributed by atoms with van der Waals surface area (Å²) in [7, 11) is 0. The Kier molecular flexibility index (Phi) is 6.52. The molecule has 4 heteroatoms. The maximum absolute atomic E-state index is 12.2. The molecule has 2 rings (SSSR count). The van der Waals surface area contributed by atoms with Crippen molar-refractivity contribution >= 4 is 11.9 Å². The second-order valence-electron chi connectivity index (χ2n) is 6.51. The molecular weight excluding hydrogens is 266 g/mol. The van der Waals surface area contributed by atoms with Gasteiger partial charge in [-0.25, -0.2) is 0 Å². The van der Waals surface area contributed by atoms with Crippen LogP contribution in [0.25, 0.3) is 0 Å². The molecule has 3 atom stereocenters. The third kappa shape index (κ3) is 5.01. The van der Waals surface area contributed by atoms with Crippen molar-refractivity contribution in [3.8, 4) is 0 Å². The summed E-state index contributed by atoms with van der Waals surface area (Å²) in [6.07, 6.45) is 9.83. The highest BCUT2D eigenvalue weighted by Gasteiger charge is 2.34. The number of carbonyl (C=O) groups excluding carboxylic acids is 2. The standard InChI is InChI=1S/C17H29NO3/c1-2-21-16(19)8-5-11-18-17(20)15-10-9-13-6-3-4-7-14(13)12-15/h13-15H,2-12H2,1H3,(H,18,20). The maximum Gasteiger partial charge on any atom is 0.305 e. The number of carbonyl (C=O) groups is 2. The molecule has 1 amide bonds. The van der Waals surface area contributed by atoms with Gasteiger partial charge in [0.1, 0.15) is 0 Å². The van der Waals surface area contributed by atoms with Crippen LogP contribution in [0.1, 0.15) is 64.7 Å². The highest BCUT2D eigenvalue weighted by atomic mass is 16.5. The van der Waals surface area contributed by atoms with Gasteiger partial charge in [-0.3, -0.25) is 9.59 Å². The summed E-state index contributed by atoms with van der Waals surface area (Å²) in [5.41, 5.74) is 0. The Balaban J connectivity index is 1.63. The molecule has 2 saturated carbocycles. The Bertz CT molecular complexity index is 356. The molecule has 21 heavy (non-hydrogen) atoms. The Morgan fingerprint density at radius 1 is 1.10 bits per heavy atom. The van der Waals surface area contributed by atoms with E-state index in [1.54, 1.807) is 6.92 Å². The van der Waals surface area contributed by atoms with Crippen LogP contribution in [0.15, 0.2) is 0 Å². The van der Waals surface area contributed by atoms with Gasteiger partial charge in [0.15, 0.2) is 0 Å². The van der Waals surface area contributed by atoms with Crippen LogP contribution >= 0.6 is 0 Å². The second-order valence-corrected chi connectivity index (χ2v) is 6.51. The number of hydrogen-bond acceptors (Lipinski definition) is 3. The third-order valence-electron chi connectivity index (χ3n) is 5.07. The molecule has 0 aromatic heterocycles. The largest absolute Gasteiger partial charge is 0.466 e. The first-order valence-corrected chi connectivity index (χ1v) is 8.64. The van der Waals surface area contributed by atoms with Crippen LogP contribution in [-0.2, 0) is 14.3 Å².